The molecule has 0 bridgehead atoms. The molecule has 0 fully saturated rings. The smallest absolute Gasteiger partial charge is 0.231 e. The summed E-state index contributed by atoms with van der Waals surface area (Å²) < 4.78 is 5.71. The van der Waals surface area contributed by atoms with Crippen LogP contribution in [0.5, 0.6) is 0 Å². The molecule has 0 spiro atoms. The van der Waals surface area contributed by atoms with E-state index in [-0.39, 0.29) is 23.0 Å². The molecule has 0 saturated heterocycles. The molecule has 1 heterocycles. The van der Waals surface area contributed by atoms with Gasteiger partial charge in [0.2, 0.25) is 23.2 Å². The van der Waals surface area contributed by atoms with Crippen LogP contribution in [0.4, 0.5) is 0 Å². The molecule has 2 aliphatic carbocycles. The lowest BCUT2D eigenvalue weighted by Crippen LogP contribution is -2.19. The second kappa shape index (κ2) is 5.63. The fourth-order valence-corrected chi connectivity index (χ4v) is 3.79. The molecule has 126 valence electrons. The molecule has 1 aromatic heterocycles. The quantitative estimate of drug-likeness (QED) is 0.517. The zero-order valence-corrected chi connectivity index (χ0v) is 14.0. The number of fused-ring (bicyclic) bond motifs is 3. The number of aromatic nitrogens is 1. The summed E-state index contributed by atoms with van der Waals surface area (Å²) in [7, 11) is 0. The number of hydrogen-bond donors (Lipinski definition) is 0. The minimum absolute atomic E-state index is 0.0460. The zero-order valence-electron chi connectivity index (χ0n) is 14.0. The molecule has 0 radical (unpaired) electrons. The Hall–Kier alpha value is -3.27. The highest BCUT2D eigenvalue weighted by atomic mass is 16.4. The maximum Gasteiger partial charge on any atom is 0.231 e. The van der Waals surface area contributed by atoms with Gasteiger partial charge in [-0.15, -0.1) is 0 Å². The lowest BCUT2D eigenvalue weighted by Gasteiger charge is -2.18. The number of hydrogen-bond acceptors (Lipinski definition) is 4. The number of benzene rings is 2. The summed E-state index contributed by atoms with van der Waals surface area (Å²) >= 11 is 0. The highest BCUT2D eigenvalue weighted by molar-refractivity contribution is 6.26. The van der Waals surface area contributed by atoms with Crippen LogP contribution in [0.1, 0.15) is 62.0 Å². The van der Waals surface area contributed by atoms with Gasteiger partial charge in [0, 0.05) is 17.2 Å². The van der Waals surface area contributed by atoms with Crippen molar-refractivity contribution in [3.05, 3.63) is 88.1 Å². The first-order valence-corrected chi connectivity index (χ1v) is 8.70. The fraction of sp³-hybridized carbons (Fsp3) is 0.136. The lowest BCUT2D eigenvalue weighted by atomic mass is 9.87. The third-order valence-corrected chi connectivity index (χ3v) is 5.03. The van der Waals surface area contributed by atoms with Gasteiger partial charge in [-0.1, -0.05) is 48.5 Å². The largest absolute Gasteiger partial charge is 0.432 e. The van der Waals surface area contributed by atoms with Gasteiger partial charge >= 0.3 is 0 Å². The molecule has 2 aromatic carbocycles. The number of oxazole rings is 1. The van der Waals surface area contributed by atoms with Gasteiger partial charge in [-0.05, 0) is 36.0 Å². The zero-order chi connectivity index (χ0) is 17.7. The van der Waals surface area contributed by atoms with E-state index >= 15 is 0 Å². The monoisotopic (exact) mass is 341 g/mol. The van der Waals surface area contributed by atoms with Crippen molar-refractivity contribution in [1.29, 1.82) is 0 Å². The van der Waals surface area contributed by atoms with Gasteiger partial charge in [0.05, 0.1) is 0 Å². The maximum absolute atomic E-state index is 12.7. The van der Waals surface area contributed by atoms with E-state index in [1.807, 2.05) is 18.2 Å². The molecule has 4 heteroatoms. The van der Waals surface area contributed by atoms with Gasteiger partial charge in [-0.2, -0.15) is 0 Å². The van der Waals surface area contributed by atoms with Crippen LogP contribution in [-0.2, 0) is 6.42 Å². The number of allylic oxidation sites excluding steroid dienone is 1. The van der Waals surface area contributed by atoms with Crippen molar-refractivity contribution < 1.29 is 14.0 Å². The van der Waals surface area contributed by atoms with Crippen LogP contribution in [0.25, 0.3) is 11.6 Å². The molecule has 0 unspecified atom stereocenters. The predicted octanol–water partition coefficient (Wildman–Crippen LogP) is 4.33. The minimum atomic E-state index is -0.281. The maximum atomic E-state index is 12.7. The van der Waals surface area contributed by atoms with Crippen molar-refractivity contribution in [1.82, 2.24) is 4.98 Å². The van der Waals surface area contributed by atoms with Crippen LogP contribution in [0.15, 0.2) is 52.9 Å². The van der Waals surface area contributed by atoms with Crippen molar-refractivity contribution in [3.63, 3.8) is 0 Å². The van der Waals surface area contributed by atoms with Gasteiger partial charge in [-0.25, -0.2) is 4.98 Å². The van der Waals surface area contributed by atoms with Crippen molar-refractivity contribution in [3.8, 4) is 0 Å². The minimum Gasteiger partial charge on any atom is -0.432 e. The molecule has 3 aromatic rings. The van der Waals surface area contributed by atoms with E-state index in [1.54, 1.807) is 24.3 Å². The Morgan fingerprint density at radius 1 is 0.846 bits per heavy atom. The molecular formula is C22H15NO3. The number of aryl methyl sites for hydroxylation is 1. The molecule has 0 amide bonds. The summed E-state index contributed by atoms with van der Waals surface area (Å²) in [6.07, 6.45) is 4.90. The van der Waals surface area contributed by atoms with Gasteiger partial charge in [-0.3, -0.25) is 9.59 Å². The van der Waals surface area contributed by atoms with Crippen LogP contribution >= 0.6 is 0 Å². The highest BCUT2D eigenvalue weighted by Gasteiger charge is 2.34. The number of rotatable bonds is 1. The van der Waals surface area contributed by atoms with E-state index in [0.29, 0.717) is 17.0 Å². The SMILES string of the molecule is O=C1c2ccccc2C(=O)c2oc(/C=C3\CCCc4ccccc43)nc21. The van der Waals surface area contributed by atoms with Crippen LogP contribution in [0, 0.1) is 0 Å². The lowest BCUT2D eigenvalue weighted by molar-refractivity contribution is 0.0958. The van der Waals surface area contributed by atoms with Crippen LogP contribution in [-0.4, -0.2) is 16.6 Å². The van der Waals surface area contributed by atoms with E-state index in [0.717, 1.165) is 24.8 Å². The molecule has 0 N–H and O–H groups in total. The molecule has 4 nitrogen and oxygen atoms in total. The Bertz CT molecular complexity index is 1050. The summed E-state index contributed by atoms with van der Waals surface area (Å²) in [4.78, 5) is 29.6. The number of ketones is 2. The van der Waals surface area contributed by atoms with E-state index < -0.39 is 0 Å². The Morgan fingerprint density at radius 3 is 2.35 bits per heavy atom. The van der Waals surface area contributed by atoms with Gasteiger partial charge < -0.3 is 4.42 Å². The van der Waals surface area contributed by atoms with Crippen LogP contribution < -0.4 is 0 Å². The summed E-state index contributed by atoms with van der Waals surface area (Å²) in [5, 5.41) is 0. The number of nitrogens with zero attached hydrogens (tertiary/aromatic N) is 1. The second-order valence-electron chi connectivity index (χ2n) is 6.61. The van der Waals surface area contributed by atoms with E-state index in [9.17, 15) is 9.59 Å². The average Bonchev–Trinajstić information content (AvgIpc) is 3.11. The normalized spacial score (nSPS) is 17.0. The molecular weight excluding hydrogens is 326 g/mol. The first kappa shape index (κ1) is 15.0. The van der Waals surface area contributed by atoms with Crippen LogP contribution in [0.3, 0.4) is 0 Å². The first-order valence-electron chi connectivity index (χ1n) is 8.70. The summed E-state index contributed by atoms with van der Waals surface area (Å²) in [6, 6.07) is 15.1. The van der Waals surface area contributed by atoms with Crippen molar-refractivity contribution in [2.45, 2.75) is 19.3 Å². The molecule has 0 atom stereocenters. The molecule has 26 heavy (non-hydrogen) atoms. The summed E-state index contributed by atoms with van der Waals surface area (Å²) in [6.45, 7) is 0. The van der Waals surface area contributed by atoms with Crippen molar-refractivity contribution in [2.24, 2.45) is 0 Å². The van der Waals surface area contributed by atoms with Gasteiger partial charge in [0.15, 0.2) is 5.69 Å². The number of carbonyl (C=O) groups excluding carboxylic acids is 2. The molecule has 0 aliphatic heterocycles. The number of carbonyl (C=O) groups is 2. The topological polar surface area (TPSA) is 60.2 Å². The Morgan fingerprint density at radius 2 is 1.54 bits per heavy atom. The van der Waals surface area contributed by atoms with Crippen molar-refractivity contribution in [2.75, 3.05) is 0 Å². The Balaban J connectivity index is 1.61. The third-order valence-electron chi connectivity index (χ3n) is 5.03. The van der Waals surface area contributed by atoms with E-state index in [1.165, 1.54) is 11.1 Å². The van der Waals surface area contributed by atoms with Gasteiger partial charge in [0.1, 0.15) is 0 Å². The van der Waals surface area contributed by atoms with Crippen molar-refractivity contribution >= 4 is 23.2 Å². The average molecular weight is 341 g/mol. The Kier molecular flexibility index (Phi) is 3.25. The first-order chi connectivity index (χ1) is 12.7. The molecule has 0 saturated carbocycles. The van der Waals surface area contributed by atoms with E-state index in [2.05, 4.69) is 17.1 Å². The van der Waals surface area contributed by atoms with E-state index in [4.69, 9.17) is 4.42 Å². The Labute approximate surface area is 150 Å². The predicted molar refractivity (Wildman–Crippen MR) is 97.1 cm³/mol. The fourth-order valence-electron chi connectivity index (χ4n) is 3.79. The van der Waals surface area contributed by atoms with Gasteiger partial charge in [0.25, 0.3) is 0 Å². The highest BCUT2D eigenvalue weighted by Crippen LogP contribution is 2.33. The molecule has 5 rings (SSSR count). The second-order valence-corrected chi connectivity index (χ2v) is 6.61. The summed E-state index contributed by atoms with van der Waals surface area (Å²) in [5.41, 5.74) is 4.51. The standard InChI is InChI=1S/C22H15NO3/c24-20-16-10-3-4-11-17(16)21(25)22-19(20)23-18(26-22)12-14-8-5-7-13-6-1-2-9-15(13)14/h1-4,6,9-12H,5,7-8H2/b14-12+. The summed E-state index contributed by atoms with van der Waals surface area (Å²) in [5.74, 6) is -0.176. The molecule has 2 aliphatic rings. The third kappa shape index (κ3) is 2.19. The van der Waals surface area contributed by atoms with Crippen LogP contribution in [0.2, 0.25) is 0 Å².